The van der Waals surface area contributed by atoms with E-state index in [0.29, 0.717) is 25.7 Å². The minimum absolute atomic E-state index is 0.126. The molecule has 5 fully saturated rings. The number of rotatable bonds is 3. The summed E-state index contributed by atoms with van der Waals surface area (Å²) in [6.45, 7) is 13.3. The summed E-state index contributed by atoms with van der Waals surface area (Å²) >= 11 is 0. The lowest BCUT2D eigenvalue weighted by Gasteiger charge is -2.71. The average Bonchev–Trinajstić information content (AvgIpc) is 3.41. The fourth-order valence-corrected chi connectivity index (χ4v) is 10.2. The molecule has 11 atom stereocenters. The number of carbonyl (C=O) groups excluding carboxylic acids is 3. The number of aliphatic hydroxyl groups excluding tert-OH is 1. The fourth-order valence-electron chi connectivity index (χ4n) is 10.2. The van der Waals surface area contributed by atoms with Crippen molar-refractivity contribution in [2.75, 3.05) is 0 Å². The lowest BCUT2D eigenvalue weighted by Crippen LogP contribution is -2.75. The number of cyclic esters (lactones) is 1. The summed E-state index contributed by atoms with van der Waals surface area (Å²) in [7, 11) is 0. The molecule has 9 nitrogen and oxygen atoms in total. The third-order valence-electron chi connectivity index (χ3n) is 11.9. The number of ether oxygens (including phenoxy) is 4. The Morgan fingerprint density at radius 2 is 1.64 bits per heavy atom. The minimum Gasteiger partial charge on any atom is -0.472 e. The van der Waals surface area contributed by atoms with Crippen LogP contribution in [0.2, 0.25) is 0 Å². The zero-order chi connectivity index (χ0) is 28.3. The normalized spacial score (nSPS) is 49.3. The standard InChI is InChI=1S/C30H40O9/c1-15(31)36-21-13-22(37-16(2)32)28(6)18-8-10-27(5)23(17-9-11-35-14-17)38-25(34)24-30(27,39-24)29(18,7)20(33)12-19(28)26(21,3)4/h9,11,14,18-24,33H,8,10,12-13H2,1-7H3/t18-,19+,20-,21+,22+,23+,24-,27+,28-,29+,30-/m1/s1. The number of furan rings is 1. The average molecular weight is 545 g/mol. The predicted octanol–water partition coefficient (Wildman–Crippen LogP) is 4.12. The van der Waals surface area contributed by atoms with Gasteiger partial charge in [-0.25, -0.2) is 4.79 Å². The SMILES string of the molecule is CC(=O)O[C@H]1C[C@H](OC(C)=O)[C@]2(C)[C@H]3CC[C@@]4(C)[C@H](c5ccoc5)OC(=O)[C@H]5O[C@]54[C@]3(C)[C@H](O)C[C@H]2C1(C)C. The van der Waals surface area contributed by atoms with Crippen LogP contribution in [0.3, 0.4) is 0 Å². The molecular weight excluding hydrogens is 504 g/mol. The van der Waals surface area contributed by atoms with Gasteiger partial charge >= 0.3 is 17.9 Å². The number of aliphatic hydroxyl groups is 1. The van der Waals surface area contributed by atoms with Crippen molar-refractivity contribution >= 4 is 17.9 Å². The van der Waals surface area contributed by atoms with Crippen LogP contribution in [0.15, 0.2) is 23.0 Å². The smallest absolute Gasteiger partial charge is 0.339 e. The molecule has 1 aromatic heterocycles. The van der Waals surface area contributed by atoms with Crippen molar-refractivity contribution in [3.63, 3.8) is 0 Å². The van der Waals surface area contributed by atoms with E-state index < -0.39 is 69.7 Å². The first-order valence-corrected chi connectivity index (χ1v) is 14.1. The van der Waals surface area contributed by atoms with Gasteiger partial charge in [0.15, 0.2) is 6.10 Å². The second-order valence-corrected chi connectivity index (χ2v) is 13.8. The number of hydrogen-bond acceptors (Lipinski definition) is 9. The van der Waals surface area contributed by atoms with Crippen molar-refractivity contribution in [2.24, 2.45) is 33.5 Å². The van der Waals surface area contributed by atoms with E-state index in [1.165, 1.54) is 13.8 Å². The van der Waals surface area contributed by atoms with Gasteiger partial charge in [-0.1, -0.05) is 34.6 Å². The summed E-state index contributed by atoms with van der Waals surface area (Å²) in [5.41, 5.74) is -2.68. The molecule has 1 spiro atoms. The number of epoxide rings is 1. The summed E-state index contributed by atoms with van der Waals surface area (Å²) in [4.78, 5) is 37.8. The van der Waals surface area contributed by atoms with Crippen LogP contribution in [-0.4, -0.2) is 53.0 Å². The van der Waals surface area contributed by atoms with Crippen LogP contribution in [-0.2, 0) is 33.3 Å². The van der Waals surface area contributed by atoms with Gasteiger partial charge in [-0.2, -0.15) is 0 Å². The van der Waals surface area contributed by atoms with Crippen LogP contribution < -0.4 is 0 Å². The Bertz CT molecular complexity index is 1210. The molecule has 214 valence electrons. The van der Waals surface area contributed by atoms with E-state index in [1.54, 1.807) is 12.5 Å². The fraction of sp³-hybridized carbons (Fsp3) is 0.767. The van der Waals surface area contributed by atoms with Crippen molar-refractivity contribution in [1.29, 1.82) is 0 Å². The van der Waals surface area contributed by atoms with E-state index in [1.807, 2.05) is 6.07 Å². The quantitative estimate of drug-likeness (QED) is 0.340. The molecule has 0 amide bonds. The molecule has 0 radical (unpaired) electrons. The molecule has 9 heteroatoms. The molecule has 5 aliphatic rings. The molecule has 0 unspecified atom stereocenters. The molecule has 39 heavy (non-hydrogen) atoms. The van der Waals surface area contributed by atoms with Crippen LogP contribution in [0.25, 0.3) is 0 Å². The van der Waals surface area contributed by atoms with Crippen molar-refractivity contribution in [1.82, 2.24) is 0 Å². The van der Waals surface area contributed by atoms with Gasteiger partial charge < -0.3 is 28.5 Å². The molecule has 1 aromatic rings. The van der Waals surface area contributed by atoms with E-state index in [-0.39, 0.29) is 17.8 Å². The van der Waals surface area contributed by atoms with Gasteiger partial charge in [0.2, 0.25) is 0 Å². The maximum atomic E-state index is 13.3. The Morgan fingerprint density at radius 1 is 0.974 bits per heavy atom. The molecule has 2 saturated heterocycles. The third-order valence-corrected chi connectivity index (χ3v) is 11.9. The highest BCUT2D eigenvalue weighted by atomic mass is 16.7. The van der Waals surface area contributed by atoms with Gasteiger partial charge in [-0.05, 0) is 37.2 Å². The monoisotopic (exact) mass is 544 g/mol. The highest BCUT2D eigenvalue weighted by molar-refractivity contribution is 5.82. The molecule has 3 saturated carbocycles. The summed E-state index contributed by atoms with van der Waals surface area (Å²) in [5.74, 6) is -1.47. The highest BCUT2D eigenvalue weighted by Gasteiger charge is 2.88. The van der Waals surface area contributed by atoms with E-state index in [2.05, 4.69) is 34.6 Å². The molecule has 1 N–H and O–H groups in total. The first-order chi connectivity index (χ1) is 18.2. The van der Waals surface area contributed by atoms with Crippen LogP contribution in [0.5, 0.6) is 0 Å². The van der Waals surface area contributed by atoms with E-state index in [9.17, 15) is 19.5 Å². The van der Waals surface area contributed by atoms with Crippen LogP contribution in [0.4, 0.5) is 0 Å². The third kappa shape index (κ3) is 3.12. The Labute approximate surface area is 228 Å². The summed E-state index contributed by atoms with van der Waals surface area (Å²) < 4.78 is 29.7. The van der Waals surface area contributed by atoms with E-state index in [4.69, 9.17) is 23.4 Å². The summed E-state index contributed by atoms with van der Waals surface area (Å²) in [6, 6.07) is 1.82. The largest absolute Gasteiger partial charge is 0.472 e. The van der Waals surface area contributed by atoms with Gasteiger partial charge in [-0.15, -0.1) is 0 Å². The molecule has 3 heterocycles. The second kappa shape index (κ2) is 8.09. The topological polar surface area (TPSA) is 125 Å². The van der Waals surface area contributed by atoms with Crippen LogP contribution in [0, 0.1) is 33.5 Å². The number of esters is 3. The second-order valence-electron chi connectivity index (χ2n) is 13.8. The van der Waals surface area contributed by atoms with Gasteiger partial charge in [0.25, 0.3) is 0 Å². The van der Waals surface area contributed by atoms with E-state index in [0.717, 1.165) is 5.56 Å². The Kier molecular flexibility index (Phi) is 5.56. The maximum absolute atomic E-state index is 13.3. The van der Waals surface area contributed by atoms with Crippen molar-refractivity contribution in [3.8, 4) is 0 Å². The van der Waals surface area contributed by atoms with E-state index >= 15 is 0 Å². The van der Waals surface area contributed by atoms with Gasteiger partial charge in [0.1, 0.15) is 23.9 Å². The van der Waals surface area contributed by atoms with Crippen molar-refractivity contribution in [2.45, 2.75) is 110 Å². The molecule has 0 aromatic carbocycles. The molecule has 3 aliphatic carbocycles. The van der Waals surface area contributed by atoms with Crippen LogP contribution >= 0.6 is 0 Å². The molecule has 2 aliphatic heterocycles. The molecular formula is C30H40O9. The molecule has 6 rings (SSSR count). The lowest BCUT2D eigenvalue weighted by atomic mass is 9.34. The number of hydrogen-bond donors (Lipinski definition) is 1. The Morgan fingerprint density at radius 3 is 2.26 bits per heavy atom. The van der Waals surface area contributed by atoms with Gasteiger partial charge in [0, 0.05) is 47.5 Å². The molecule has 0 bridgehead atoms. The Hall–Kier alpha value is -2.39. The number of fused-ring (bicyclic) bond motifs is 3. The zero-order valence-corrected chi connectivity index (χ0v) is 23.8. The van der Waals surface area contributed by atoms with Gasteiger partial charge in [-0.3, -0.25) is 9.59 Å². The van der Waals surface area contributed by atoms with Crippen molar-refractivity contribution < 1.29 is 42.9 Å². The summed E-state index contributed by atoms with van der Waals surface area (Å²) in [6.07, 6.45) is 2.18. The first-order valence-electron chi connectivity index (χ1n) is 14.1. The summed E-state index contributed by atoms with van der Waals surface area (Å²) in [5, 5.41) is 12.2. The number of carbonyl (C=O) groups is 3. The Balaban J connectivity index is 1.49. The minimum atomic E-state index is -0.953. The van der Waals surface area contributed by atoms with Crippen molar-refractivity contribution in [3.05, 3.63) is 24.2 Å². The lowest BCUT2D eigenvalue weighted by molar-refractivity contribution is -0.296. The highest BCUT2D eigenvalue weighted by Crippen LogP contribution is 2.80. The predicted molar refractivity (Wildman–Crippen MR) is 136 cm³/mol. The first kappa shape index (κ1) is 26.8. The zero-order valence-electron chi connectivity index (χ0n) is 23.8. The van der Waals surface area contributed by atoms with Crippen LogP contribution in [0.1, 0.15) is 85.8 Å². The van der Waals surface area contributed by atoms with Gasteiger partial charge in [0.05, 0.1) is 18.6 Å². The maximum Gasteiger partial charge on any atom is 0.339 e.